The Balaban J connectivity index is 2.21. The molecule has 110 valence electrons. The van der Waals surface area contributed by atoms with Gasteiger partial charge in [0.1, 0.15) is 0 Å². The topological polar surface area (TPSA) is 72.4 Å². The number of methoxy groups -OCH3 is 2. The molecule has 0 aliphatic heterocycles. The second-order valence-electron chi connectivity index (χ2n) is 4.62. The van der Waals surface area contributed by atoms with Gasteiger partial charge in [0.25, 0.3) is 0 Å². The summed E-state index contributed by atoms with van der Waals surface area (Å²) in [6.07, 6.45) is 3.74. The monoisotopic (exact) mass is 294 g/mol. The van der Waals surface area contributed by atoms with Crippen molar-refractivity contribution in [2.45, 2.75) is 6.42 Å². The molecule has 0 N–H and O–H groups in total. The van der Waals surface area contributed by atoms with E-state index in [9.17, 15) is 0 Å². The SMILES string of the molecule is COc1ccc(-c2nn3cccnc3c2CC#N)cc1OC. The minimum Gasteiger partial charge on any atom is -0.493 e. The van der Waals surface area contributed by atoms with Crippen LogP contribution in [-0.2, 0) is 6.42 Å². The Labute approximate surface area is 127 Å². The summed E-state index contributed by atoms with van der Waals surface area (Å²) < 4.78 is 12.3. The van der Waals surface area contributed by atoms with Crippen molar-refractivity contribution in [1.29, 1.82) is 5.26 Å². The zero-order valence-corrected chi connectivity index (χ0v) is 12.3. The van der Waals surface area contributed by atoms with Gasteiger partial charge in [-0.05, 0) is 24.3 Å². The van der Waals surface area contributed by atoms with Crippen molar-refractivity contribution >= 4 is 5.65 Å². The molecule has 0 saturated heterocycles. The van der Waals surface area contributed by atoms with Crippen molar-refractivity contribution in [2.24, 2.45) is 0 Å². The van der Waals surface area contributed by atoms with Crippen LogP contribution in [0.2, 0.25) is 0 Å². The highest BCUT2D eigenvalue weighted by atomic mass is 16.5. The molecule has 0 spiro atoms. The van der Waals surface area contributed by atoms with E-state index in [1.165, 1.54) is 0 Å². The van der Waals surface area contributed by atoms with Crippen molar-refractivity contribution in [2.75, 3.05) is 14.2 Å². The average molecular weight is 294 g/mol. The second-order valence-corrected chi connectivity index (χ2v) is 4.62. The number of hydrogen-bond acceptors (Lipinski definition) is 5. The minimum atomic E-state index is 0.240. The molecule has 6 nitrogen and oxygen atoms in total. The summed E-state index contributed by atoms with van der Waals surface area (Å²) in [4.78, 5) is 4.32. The van der Waals surface area contributed by atoms with Crippen LogP contribution in [0.25, 0.3) is 16.9 Å². The summed E-state index contributed by atoms with van der Waals surface area (Å²) >= 11 is 0. The largest absolute Gasteiger partial charge is 0.493 e. The van der Waals surface area contributed by atoms with Crippen LogP contribution in [0.4, 0.5) is 0 Å². The van der Waals surface area contributed by atoms with Gasteiger partial charge in [-0.15, -0.1) is 0 Å². The Hall–Kier alpha value is -3.07. The third-order valence-corrected chi connectivity index (χ3v) is 3.40. The van der Waals surface area contributed by atoms with Gasteiger partial charge >= 0.3 is 0 Å². The second kappa shape index (κ2) is 5.74. The van der Waals surface area contributed by atoms with Gasteiger partial charge in [-0.1, -0.05) is 0 Å². The third-order valence-electron chi connectivity index (χ3n) is 3.40. The molecule has 22 heavy (non-hydrogen) atoms. The summed E-state index contributed by atoms with van der Waals surface area (Å²) in [5.41, 5.74) is 3.07. The van der Waals surface area contributed by atoms with Crippen LogP contribution < -0.4 is 9.47 Å². The lowest BCUT2D eigenvalue weighted by molar-refractivity contribution is 0.355. The first-order valence-electron chi connectivity index (χ1n) is 6.70. The summed E-state index contributed by atoms with van der Waals surface area (Å²) in [6, 6.07) is 9.54. The molecule has 0 saturated carbocycles. The number of nitriles is 1. The normalized spacial score (nSPS) is 10.4. The molecule has 0 fully saturated rings. The van der Waals surface area contributed by atoms with E-state index in [0.29, 0.717) is 17.1 Å². The molecule has 0 bridgehead atoms. The van der Waals surface area contributed by atoms with Gasteiger partial charge in [-0.3, -0.25) is 0 Å². The van der Waals surface area contributed by atoms with Crippen LogP contribution in [-0.4, -0.2) is 28.8 Å². The first kappa shape index (κ1) is 13.9. The quantitative estimate of drug-likeness (QED) is 0.739. The molecular weight excluding hydrogens is 280 g/mol. The van der Waals surface area contributed by atoms with E-state index in [1.54, 1.807) is 31.0 Å². The molecule has 2 heterocycles. The van der Waals surface area contributed by atoms with E-state index in [0.717, 1.165) is 16.8 Å². The van der Waals surface area contributed by atoms with Crippen molar-refractivity contribution in [3.8, 4) is 28.8 Å². The van der Waals surface area contributed by atoms with Crippen LogP contribution in [0.1, 0.15) is 5.56 Å². The van der Waals surface area contributed by atoms with E-state index in [4.69, 9.17) is 14.7 Å². The molecule has 0 aliphatic rings. The lowest BCUT2D eigenvalue weighted by Crippen LogP contribution is -1.92. The fourth-order valence-corrected chi connectivity index (χ4v) is 2.39. The highest BCUT2D eigenvalue weighted by molar-refractivity contribution is 5.73. The van der Waals surface area contributed by atoms with Gasteiger partial charge in [0.05, 0.1) is 32.4 Å². The Morgan fingerprint density at radius 2 is 2.05 bits per heavy atom. The maximum atomic E-state index is 9.09. The van der Waals surface area contributed by atoms with Crippen LogP contribution in [0.3, 0.4) is 0 Å². The smallest absolute Gasteiger partial charge is 0.161 e. The molecule has 0 amide bonds. The molecular formula is C16H14N4O2. The van der Waals surface area contributed by atoms with Crippen LogP contribution in [0.5, 0.6) is 11.5 Å². The molecule has 6 heteroatoms. The van der Waals surface area contributed by atoms with Gasteiger partial charge in [-0.2, -0.15) is 10.4 Å². The highest BCUT2D eigenvalue weighted by Gasteiger charge is 2.16. The minimum absolute atomic E-state index is 0.240. The van der Waals surface area contributed by atoms with E-state index in [1.807, 2.05) is 24.4 Å². The standard InChI is InChI=1S/C16H14N4O2/c1-21-13-5-4-11(10-14(13)22-2)15-12(6-7-17)16-18-8-3-9-20(16)19-15/h3-5,8-10H,6H2,1-2H3. The number of rotatable bonds is 4. The van der Waals surface area contributed by atoms with Gasteiger partial charge < -0.3 is 9.47 Å². The fourth-order valence-electron chi connectivity index (χ4n) is 2.39. The van der Waals surface area contributed by atoms with Gasteiger partial charge in [-0.25, -0.2) is 9.50 Å². The molecule has 0 radical (unpaired) electrons. The Kier molecular flexibility index (Phi) is 3.62. The number of hydrogen-bond donors (Lipinski definition) is 0. The molecule has 0 unspecified atom stereocenters. The number of fused-ring (bicyclic) bond motifs is 1. The lowest BCUT2D eigenvalue weighted by atomic mass is 10.1. The van der Waals surface area contributed by atoms with Crippen LogP contribution in [0.15, 0.2) is 36.7 Å². The van der Waals surface area contributed by atoms with E-state index in [-0.39, 0.29) is 6.42 Å². The predicted molar refractivity (Wildman–Crippen MR) is 80.8 cm³/mol. The number of aromatic nitrogens is 3. The lowest BCUT2D eigenvalue weighted by Gasteiger charge is -2.08. The maximum Gasteiger partial charge on any atom is 0.161 e. The van der Waals surface area contributed by atoms with Crippen LogP contribution >= 0.6 is 0 Å². The number of ether oxygens (including phenoxy) is 2. The summed E-state index contributed by atoms with van der Waals surface area (Å²) in [5.74, 6) is 1.27. The summed E-state index contributed by atoms with van der Waals surface area (Å²) in [5, 5.41) is 13.6. The zero-order valence-electron chi connectivity index (χ0n) is 12.3. The van der Waals surface area contributed by atoms with Gasteiger partial charge in [0.15, 0.2) is 17.1 Å². The van der Waals surface area contributed by atoms with E-state index >= 15 is 0 Å². The van der Waals surface area contributed by atoms with Crippen LogP contribution in [0, 0.1) is 11.3 Å². The van der Waals surface area contributed by atoms with Gasteiger partial charge in [0, 0.05) is 23.5 Å². The molecule has 1 aromatic carbocycles. The molecule has 0 atom stereocenters. The van der Waals surface area contributed by atoms with Crippen molar-refractivity contribution in [1.82, 2.24) is 14.6 Å². The zero-order chi connectivity index (χ0) is 15.5. The molecule has 0 aliphatic carbocycles. The first-order valence-corrected chi connectivity index (χ1v) is 6.70. The molecule has 3 rings (SSSR count). The first-order chi connectivity index (χ1) is 10.8. The third kappa shape index (κ3) is 2.23. The Morgan fingerprint density at radius 3 is 2.77 bits per heavy atom. The fraction of sp³-hybridized carbons (Fsp3) is 0.188. The Morgan fingerprint density at radius 1 is 1.23 bits per heavy atom. The summed E-state index contributed by atoms with van der Waals surface area (Å²) in [7, 11) is 3.18. The van der Waals surface area contributed by atoms with E-state index < -0.39 is 0 Å². The maximum absolute atomic E-state index is 9.09. The highest BCUT2D eigenvalue weighted by Crippen LogP contribution is 2.33. The van der Waals surface area contributed by atoms with Crippen molar-refractivity contribution < 1.29 is 9.47 Å². The van der Waals surface area contributed by atoms with Crippen molar-refractivity contribution in [3.63, 3.8) is 0 Å². The summed E-state index contributed by atoms with van der Waals surface area (Å²) in [6.45, 7) is 0. The number of benzene rings is 1. The van der Waals surface area contributed by atoms with Crippen molar-refractivity contribution in [3.05, 3.63) is 42.2 Å². The molecule has 2 aromatic heterocycles. The van der Waals surface area contributed by atoms with E-state index in [2.05, 4.69) is 16.2 Å². The van der Waals surface area contributed by atoms with Gasteiger partial charge in [0.2, 0.25) is 0 Å². The molecule has 3 aromatic rings. The Bertz CT molecular complexity index is 864. The number of nitrogens with zero attached hydrogens (tertiary/aromatic N) is 4. The predicted octanol–water partition coefficient (Wildman–Crippen LogP) is 2.48. The average Bonchev–Trinajstić information content (AvgIpc) is 2.93.